The van der Waals surface area contributed by atoms with E-state index >= 15 is 0 Å². The molecule has 1 saturated carbocycles. The Bertz CT molecular complexity index is 1370. The van der Waals surface area contributed by atoms with Crippen molar-refractivity contribution in [3.05, 3.63) is 66.5 Å². The van der Waals surface area contributed by atoms with Crippen molar-refractivity contribution in [2.24, 2.45) is 11.7 Å². The van der Waals surface area contributed by atoms with E-state index in [1.54, 1.807) is 41.2 Å². The average molecular weight is 478 g/mol. The van der Waals surface area contributed by atoms with Crippen molar-refractivity contribution in [3.63, 3.8) is 0 Å². The molecule has 1 aromatic carbocycles. The van der Waals surface area contributed by atoms with E-state index in [1.807, 2.05) is 6.07 Å². The zero-order chi connectivity index (χ0) is 24.5. The minimum atomic E-state index is -1.46. The van der Waals surface area contributed by atoms with Gasteiger partial charge in [-0.15, -0.1) is 0 Å². The molecule has 0 saturated heterocycles. The fraction of sp³-hybridized carbons (Fsp3) is 0.308. The second-order valence-electron chi connectivity index (χ2n) is 8.88. The molecule has 3 aromatic heterocycles. The van der Waals surface area contributed by atoms with Gasteiger partial charge in [-0.1, -0.05) is 18.6 Å². The number of ether oxygens (including phenoxy) is 1. The summed E-state index contributed by atoms with van der Waals surface area (Å²) in [5.74, 6) is 0.190. The fourth-order valence-electron chi connectivity index (χ4n) is 4.66. The zero-order valence-corrected chi connectivity index (χ0v) is 19.2. The number of rotatable bonds is 7. The van der Waals surface area contributed by atoms with Crippen LogP contribution in [0.2, 0.25) is 0 Å². The van der Waals surface area contributed by atoms with E-state index < -0.39 is 12.2 Å². The van der Waals surface area contributed by atoms with Crippen LogP contribution < -0.4 is 10.5 Å². The zero-order valence-electron chi connectivity index (χ0n) is 19.2. The standard InChI is InChI=1S/C26H25F2N5O2/c1-15(27)35-20-6-2-4-16(8-20)21-14-33(26-31-12-19(28)13-32-26)23-9-18(11-30-25(21)23)24(34)10-17-5-3-7-22(17)29/h2,4,6,8-9,11-15,17,22H,3,5,7,10,29H2,1H3/t15?,17-,22-/m0/s1. The van der Waals surface area contributed by atoms with Crippen molar-refractivity contribution in [2.75, 3.05) is 0 Å². The number of hydrogen-bond acceptors (Lipinski definition) is 6. The SMILES string of the molecule is CC(F)Oc1cccc(-c2cn(-c3ncc(F)cn3)c3cc(C(=O)C[C@@H]4CCC[C@@H]4N)cnc23)c1. The smallest absolute Gasteiger partial charge is 0.235 e. The van der Waals surface area contributed by atoms with E-state index in [1.165, 1.54) is 6.92 Å². The van der Waals surface area contributed by atoms with E-state index in [4.69, 9.17) is 10.5 Å². The van der Waals surface area contributed by atoms with E-state index in [0.29, 0.717) is 34.3 Å². The maximum atomic E-state index is 13.5. The number of hydrogen-bond donors (Lipinski definition) is 1. The van der Waals surface area contributed by atoms with Gasteiger partial charge in [0.2, 0.25) is 12.3 Å². The van der Waals surface area contributed by atoms with Crippen molar-refractivity contribution in [1.29, 1.82) is 0 Å². The van der Waals surface area contributed by atoms with Crippen LogP contribution >= 0.6 is 0 Å². The molecule has 0 amide bonds. The van der Waals surface area contributed by atoms with Gasteiger partial charge in [-0.05, 0) is 42.5 Å². The molecule has 7 nitrogen and oxygen atoms in total. The lowest BCUT2D eigenvalue weighted by molar-refractivity contribution is 0.0861. The monoisotopic (exact) mass is 477 g/mol. The lowest BCUT2D eigenvalue weighted by atomic mass is 9.95. The van der Waals surface area contributed by atoms with Crippen LogP contribution in [0.5, 0.6) is 5.75 Å². The second kappa shape index (κ2) is 9.50. The number of Topliss-reactive ketones (excluding diaryl/α,β-unsaturated/α-hetero) is 1. The molecule has 1 aliphatic rings. The van der Waals surface area contributed by atoms with E-state index in [0.717, 1.165) is 37.2 Å². The number of benzene rings is 1. The first-order chi connectivity index (χ1) is 16.9. The third-order valence-corrected chi connectivity index (χ3v) is 6.39. The molecule has 0 aliphatic heterocycles. The minimum Gasteiger partial charge on any atom is -0.461 e. The highest BCUT2D eigenvalue weighted by molar-refractivity contribution is 6.01. The molecular formula is C26H25F2N5O2. The van der Waals surface area contributed by atoms with Gasteiger partial charge in [-0.2, -0.15) is 0 Å². The van der Waals surface area contributed by atoms with Crippen LogP contribution in [0.1, 0.15) is 43.0 Å². The maximum absolute atomic E-state index is 13.5. The Balaban J connectivity index is 1.60. The highest BCUT2D eigenvalue weighted by atomic mass is 19.1. The molecule has 1 unspecified atom stereocenters. The number of nitrogens with two attached hydrogens (primary N) is 1. The van der Waals surface area contributed by atoms with E-state index in [-0.39, 0.29) is 23.7 Å². The Morgan fingerprint density at radius 3 is 2.71 bits per heavy atom. The molecule has 3 heterocycles. The summed E-state index contributed by atoms with van der Waals surface area (Å²) < 4.78 is 33.7. The third-order valence-electron chi connectivity index (χ3n) is 6.39. The van der Waals surface area contributed by atoms with Gasteiger partial charge in [0.05, 0.1) is 23.4 Å². The molecule has 0 radical (unpaired) electrons. The Morgan fingerprint density at radius 1 is 1.20 bits per heavy atom. The van der Waals surface area contributed by atoms with Crippen LogP contribution in [0.3, 0.4) is 0 Å². The lowest BCUT2D eigenvalue weighted by Crippen LogP contribution is -2.26. The summed E-state index contributed by atoms with van der Waals surface area (Å²) in [6.07, 6.45) is 7.32. The Hall–Kier alpha value is -3.72. The molecule has 0 bridgehead atoms. The summed E-state index contributed by atoms with van der Waals surface area (Å²) in [4.78, 5) is 25.9. The molecule has 3 atom stereocenters. The predicted molar refractivity (Wildman–Crippen MR) is 128 cm³/mol. The summed E-state index contributed by atoms with van der Waals surface area (Å²) in [6.45, 7) is 1.31. The van der Waals surface area contributed by atoms with E-state index in [9.17, 15) is 13.6 Å². The van der Waals surface area contributed by atoms with Gasteiger partial charge in [0.1, 0.15) is 5.75 Å². The summed E-state index contributed by atoms with van der Waals surface area (Å²) in [5.41, 5.74) is 9.27. The summed E-state index contributed by atoms with van der Waals surface area (Å²) in [5, 5.41) is 0. The largest absolute Gasteiger partial charge is 0.461 e. The first-order valence-electron chi connectivity index (χ1n) is 11.6. The molecule has 1 aliphatic carbocycles. The number of fused-ring (bicyclic) bond motifs is 1. The number of aromatic nitrogens is 4. The molecule has 5 rings (SSSR count). The highest BCUT2D eigenvalue weighted by Gasteiger charge is 2.27. The second-order valence-corrected chi connectivity index (χ2v) is 8.88. The van der Waals surface area contributed by atoms with Crippen molar-refractivity contribution in [2.45, 2.75) is 45.0 Å². The van der Waals surface area contributed by atoms with Crippen LogP contribution in [-0.4, -0.2) is 37.7 Å². The Kier molecular flexibility index (Phi) is 6.25. The normalized spacial score (nSPS) is 18.6. The number of carbonyl (C=O) groups is 1. The van der Waals surface area contributed by atoms with Crippen LogP contribution in [0.4, 0.5) is 8.78 Å². The Labute approximate surface area is 201 Å². The molecule has 180 valence electrons. The first-order valence-corrected chi connectivity index (χ1v) is 11.6. The Morgan fingerprint density at radius 2 is 2.00 bits per heavy atom. The topological polar surface area (TPSA) is 95.9 Å². The van der Waals surface area contributed by atoms with Gasteiger partial charge in [0.15, 0.2) is 11.6 Å². The third kappa shape index (κ3) is 4.77. The summed E-state index contributed by atoms with van der Waals surface area (Å²) in [6, 6.07) is 8.78. The van der Waals surface area contributed by atoms with E-state index in [2.05, 4.69) is 15.0 Å². The number of halogens is 2. The van der Waals surface area contributed by atoms with Gasteiger partial charge in [-0.25, -0.2) is 18.7 Å². The number of alkyl halides is 1. The molecule has 4 aromatic rings. The van der Waals surface area contributed by atoms with Gasteiger partial charge in [0, 0.05) is 42.9 Å². The van der Waals surface area contributed by atoms with Crippen molar-refractivity contribution in [1.82, 2.24) is 19.5 Å². The van der Waals surface area contributed by atoms with Crippen molar-refractivity contribution < 1.29 is 18.3 Å². The summed E-state index contributed by atoms with van der Waals surface area (Å²) in [7, 11) is 0. The van der Waals surface area contributed by atoms with Crippen LogP contribution in [0.25, 0.3) is 28.1 Å². The lowest BCUT2D eigenvalue weighted by Gasteiger charge is -2.14. The fourth-order valence-corrected chi connectivity index (χ4v) is 4.66. The molecule has 1 fully saturated rings. The maximum Gasteiger partial charge on any atom is 0.235 e. The number of nitrogens with zero attached hydrogens (tertiary/aromatic N) is 4. The van der Waals surface area contributed by atoms with Crippen LogP contribution in [0, 0.1) is 11.7 Å². The van der Waals surface area contributed by atoms with Gasteiger partial charge in [0.25, 0.3) is 0 Å². The van der Waals surface area contributed by atoms with Crippen LogP contribution in [0.15, 0.2) is 55.1 Å². The van der Waals surface area contributed by atoms with Gasteiger partial charge < -0.3 is 10.5 Å². The van der Waals surface area contributed by atoms with Crippen molar-refractivity contribution in [3.8, 4) is 22.8 Å². The first kappa shape index (κ1) is 23.0. The molecule has 9 heteroatoms. The van der Waals surface area contributed by atoms with Crippen molar-refractivity contribution >= 4 is 16.8 Å². The quantitative estimate of drug-likeness (QED) is 0.376. The summed E-state index contributed by atoms with van der Waals surface area (Å²) >= 11 is 0. The highest BCUT2D eigenvalue weighted by Crippen LogP contribution is 2.34. The molecule has 35 heavy (non-hydrogen) atoms. The van der Waals surface area contributed by atoms with Gasteiger partial charge in [-0.3, -0.25) is 14.3 Å². The molecule has 2 N–H and O–H groups in total. The number of ketones is 1. The van der Waals surface area contributed by atoms with Gasteiger partial charge >= 0.3 is 0 Å². The number of pyridine rings is 1. The molecular weight excluding hydrogens is 452 g/mol. The predicted octanol–water partition coefficient (Wildman–Crippen LogP) is 5.02. The average Bonchev–Trinajstić information content (AvgIpc) is 3.42. The van der Waals surface area contributed by atoms with Crippen LogP contribution in [-0.2, 0) is 0 Å². The minimum absolute atomic E-state index is 0.0246. The molecule has 0 spiro atoms. The number of carbonyl (C=O) groups excluding carboxylic acids is 1.